The van der Waals surface area contributed by atoms with E-state index in [-0.39, 0.29) is 42.9 Å². The zero-order valence-corrected chi connectivity index (χ0v) is 35.8. The molecular weight excluding hydrogens is 792 g/mol. The Bertz CT molecular complexity index is 2030. The van der Waals surface area contributed by atoms with Crippen LogP contribution in [0.2, 0.25) is 0 Å². The third-order valence-corrected chi connectivity index (χ3v) is 13.0. The molecule has 61 heavy (non-hydrogen) atoms. The fourth-order valence-corrected chi connectivity index (χ4v) is 9.91. The van der Waals surface area contributed by atoms with Gasteiger partial charge in [-0.05, 0) is 63.5 Å². The van der Waals surface area contributed by atoms with Crippen molar-refractivity contribution in [2.45, 2.75) is 128 Å². The predicted octanol–water partition coefficient (Wildman–Crippen LogP) is 3.24. The Balaban J connectivity index is 1.51. The van der Waals surface area contributed by atoms with Gasteiger partial charge in [0.25, 0.3) is 0 Å². The number of hydrogen-bond donors (Lipinski definition) is 5. The van der Waals surface area contributed by atoms with Gasteiger partial charge in [0.05, 0.1) is 42.3 Å². The lowest BCUT2D eigenvalue weighted by Crippen LogP contribution is -2.81. The van der Waals surface area contributed by atoms with Gasteiger partial charge >= 0.3 is 24.0 Å². The van der Waals surface area contributed by atoms with Crippen LogP contribution in [0.15, 0.2) is 71.8 Å². The van der Waals surface area contributed by atoms with Gasteiger partial charge in [0, 0.05) is 31.7 Å². The summed E-state index contributed by atoms with van der Waals surface area (Å²) in [6.45, 7) is 11.9. The number of nitrogens with one attached hydrogen (secondary N) is 1. The van der Waals surface area contributed by atoms with Crippen LogP contribution in [0, 0.1) is 16.7 Å². The first-order valence-electron chi connectivity index (χ1n) is 20.5. The van der Waals surface area contributed by atoms with Gasteiger partial charge in [-0.3, -0.25) is 9.59 Å². The van der Waals surface area contributed by atoms with Crippen LogP contribution in [0.5, 0.6) is 0 Å². The highest BCUT2D eigenvalue weighted by molar-refractivity contribution is 5.94. The van der Waals surface area contributed by atoms with Gasteiger partial charge in [0.2, 0.25) is 0 Å². The molecule has 16 nitrogen and oxygen atoms in total. The van der Waals surface area contributed by atoms with E-state index in [1.54, 1.807) is 90.1 Å². The Hall–Kier alpha value is -4.71. The number of carbonyl (C=O) groups excluding carboxylic acids is 5. The lowest BCUT2D eigenvalue weighted by atomic mass is 9.44. The molecule has 332 valence electrons. The molecule has 6 N–H and O–H groups in total. The van der Waals surface area contributed by atoms with Crippen LogP contribution < -0.4 is 11.1 Å². The Kier molecular flexibility index (Phi) is 12.7. The van der Waals surface area contributed by atoms with E-state index in [1.165, 1.54) is 26.0 Å². The third kappa shape index (κ3) is 8.09. The van der Waals surface area contributed by atoms with Crippen molar-refractivity contribution >= 4 is 29.8 Å². The summed E-state index contributed by atoms with van der Waals surface area (Å²) in [7, 11) is 0. The van der Waals surface area contributed by atoms with Gasteiger partial charge in [0.1, 0.15) is 35.6 Å². The van der Waals surface area contributed by atoms with Gasteiger partial charge in [-0.25, -0.2) is 14.4 Å². The van der Waals surface area contributed by atoms with Crippen molar-refractivity contribution in [3.8, 4) is 0 Å². The number of ether oxygens (including phenoxy) is 6. The number of amides is 1. The number of hydrogen-bond acceptors (Lipinski definition) is 15. The van der Waals surface area contributed by atoms with Crippen LogP contribution in [0.25, 0.3) is 0 Å². The van der Waals surface area contributed by atoms with Crippen molar-refractivity contribution in [3.05, 3.63) is 82.9 Å². The summed E-state index contributed by atoms with van der Waals surface area (Å²) >= 11 is 0. The minimum atomic E-state index is -2.34. The third-order valence-electron chi connectivity index (χ3n) is 13.0. The van der Waals surface area contributed by atoms with Crippen LogP contribution in [0.3, 0.4) is 0 Å². The summed E-state index contributed by atoms with van der Waals surface area (Å²) in [5.74, 6) is -5.08. The highest BCUT2D eigenvalue weighted by Gasteiger charge is 2.78. The molecule has 2 aromatic carbocycles. The van der Waals surface area contributed by atoms with Gasteiger partial charge in [-0.1, -0.05) is 62.4 Å². The molecule has 4 aliphatic rings. The molecule has 2 aromatic rings. The minimum absolute atomic E-state index is 0.0122. The maximum atomic E-state index is 15.1. The molecule has 1 saturated heterocycles. The van der Waals surface area contributed by atoms with E-state index in [4.69, 9.17) is 34.2 Å². The first-order chi connectivity index (χ1) is 28.5. The second kappa shape index (κ2) is 16.9. The number of aliphatic hydroxyl groups is 3. The SMILES string of the molecule is CC(=O)O[C@]12CO[C@@H]1C[C@H](O)[C@@]1(C)C(=O)[C@H](O)C3=C(C)[C@@H](OC(=O)[C@H](OCCN)[C@@H](NC(=O)OC(C)(C)C)c4ccccc4)C[C@@](O)([C@@H](OC(=O)c4ccccc4)[C@H]21)C3(C)C. The quantitative estimate of drug-likeness (QED) is 0.124. The number of esters is 3. The highest BCUT2D eigenvalue weighted by Crippen LogP contribution is 2.64. The summed E-state index contributed by atoms with van der Waals surface area (Å²) in [4.78, 5) is 70.1. The van der Waals surface area contributed by atoms with Gasteiger partial charge in [-0.2, -0.15) is 0 Å². The minimum Gasteiger partial charge on any atom is -0.456 e. The Morgan fingerprint density at radius 3 is 2.16 bits per heavy atom. The summed E-state index contributed by atoms with van der Waals surface area (Å²) in [6, 6.07) is 15.2. The Morgan fingerprint density at radius 1 is 0.984 bits per heavy atom. The van der Waals surface area contributed by atoms with E-state index in [9.17, 15) is 34.5 Å². The molecule has 1 amide bonds. The number of benzene rings is 2. The van der Waals surface area contributed by atoms with E-state index >= 15 is 4.79 Å². The van der Waals surface area contributed by atoms with Crippen molar-refractivity contribution in [1.29, 1.82) is 0 Å². The fourth-order valence-electron chi connectivity index (χ4n) is 9.91. The smallest absolute Gasteiger partial charge is 0.408 e. The number of rotatable bonds is 11. The van der Waals surface area contributed by atoms with E-state index < -0.39 is 112 Å². The van der Waals surface area contributed by atoms with Crippen molar-refractivity contribution in [3.63, 3.8) is 0 Å². The number of ketones is 1. The van der Waals surface area contributed by atoms with E-state index in [0.717, 1.165) is 0 Å². The Morgan fingerprint density at radius 2 is 1.61 bits per heavy atom. The molecule has 11 atom stereocenters. The first kappa shape index (κ1) is 45.8. The van der Waals surface area contributed by atoms with Crippen molar-refractivity contribution in [2.24, 2.45) is 22.5 Å². The second-order valence-corrected chi connectivity index (χ2v) is 18.2. The summed E-state index contributed by atoms with van der Waals surface area (Å²) in [6.07, 6.45) is -10.8. The molecule has 0 radical (unpaired) electrons. The molecule has 2 saturated carbocycles. The van der Waals surface area contributed by atoms with E-state index in [1.807, 2.05) is 0 Å². The number of carbonyl (C=O) groups is 5. The largest absolute Gasteiger partial charge is 0.456 e. The predicted molar refractivity (Wildman–Crippen MR) is 216 cm³/mol. The second-order valence-electron chi connectivity index (χ2n) is 18.2. The molecule has 6 rings (SSSR count). The summed E-state index contributed by atoms with van der Waals surface area (Å²) in [5.41, 5.74) is -2.05. The maximum Gasteiger partial charge on any atom is 0.408 e. The number of alkyl carbamates (subject to hydrolysis) is 1. The molecule has 1 heterocycles. The molecule has 2 bridgehead atoms. The molecule has 16 heteroatoms. The van der Waals surface area contributed by atoms with E-state index in [2.05, 4.69) is 5.32 Å². The van der Waals surface area contributed by atoms with E-state index in [0.29, 0.717) is 5.56 Å². The average Bonchev–Trinajstić information content (AvgIpc) is 3.18. The zero-order valence-electron chi connectivity index (χ0n) is 35.8. The van der Waals surface area contributed by atoms with Gasteiger partial charge in [-0.15, -0.1) is 0 Å². The van der Waals surface area contributed by atoms with Crippen molar-refractivity contribution < 1.29 is 67.7 Å². The van der Waals surface area contributed by atoms with Crippen LogP contribution >= 0.6 is 0 Å². The molecule has 1 aliphatic heterocycles. The lowest BCUT2D eigenvalue weighted by Gasteiger charge is -2.67. The number of aliphatic hydroxyl groups excluding tert-OH is 2. The molecular formula is C45H58N2O14. The monoisotopic (exact) mass is 850 g/mol. The highest BCUT2D eigenvalue weighted by atomic mass is 16.6. The van der Waals surface area contributed by atoms with Crippen LogP contribution in [-0.4, -0.2) is 118 Å². The number of nitrogens with two attached hydrogens (primary N) is 1. The van der Waals surface area contributed by atoms with Gasteiger partial charge < -0.3 is 54.8 Å². The Labute approximate surface area is 355 Å². The maximum absolute atomic E-state index is 15.1. The fraction of sp³-hybridized carbons (Fsp3) is 0.578. The zero-order chi connectivity index (χ0) is 44.9. The van der Waals surface area contributed by atoms with Gasteiger partial charge in [0.15, 0.2) is 17.5 Å². The molecule has 0 unspecified atom stereocenters. The normalized spacial score (nSPS) is 32.6. The van der Waals surface area contributed by atoms with Crippen LogP contribution in [-0.2, 0) is 42.8 Å². The molecule has 3 fully saturated rings. The van der Waals surface area contributed by atoms with Crippen LogP contribution in [0.1, 0.15) is 90.2 Å². The standard InChI is InChI=1S/C45H58N2O14/c1-24-28(58-39(53)34(56-20-19-46)32(26-15-11-9-12-16-26)47-40(54)61-41(3,4)5)22-45(55)37(59-38(52)27-17-13-10-14-18-27)35-43(8,36(51)33(50)31(24)42(45,6)7)29(49)21-30-44(35,23-57-30)60-25(2)48/h9-18,28-30,32-35,37,49-50,55H,19-23,46H2,1-8H3,(H,47,54)/t28-,29-,30+,32-,33+,34+,35-,37-,43+,44+,45+/m0/s1. The average molecular weight is 851 g/mol. The molecule has 3 aliphatic carbocycles. The molecule has 0 aromatic heterocycles. The number of Topliss-reactive ketones (excluding diaryl/α,β-unsaturated/α-hetero) is 1. The lowest BCUT2D eigenvalue weighted by molar-refractivity contribution is -0.346. The van der Waals surface area contributed by atoms with Crippen molar-refractivity contribution in [1.82, 2.24) is 5.32 Å². The molecule has 0 spiro atoms. The number of fused-ring (bicyclic) bond motifs is 5. The van der Waals surface area contributed by atoms with Crippen molar-refractivity contribution in [2.75, 3.05) is 19.8 Å². The van der Waals surface area contributed by atoms with Crippen LogP contribution in [0.4, 0.5) is 4.79 Å². The summed E-state index contributed by atoms with van der Waals surface area (Å²) < 4.78 is 36.1. The summed E-state index contributed by atoms with van der Waals surface area (Å²) in [5, 5.41) is 40.5. The first-order valence-corrected chi connectivity index (χ1v) is 20.5. The topological polar surface area (TPSA) is 239 Å².